The first-order chi connectivity index (χ1) is 19.4. The van der Waals surface area contributed by atoms with Gasteiger partial charge >= 0.3 is 12.1 Å². The first-order valence-corrected chi connectivity index (χ1v) is 14.6. The molecule has 7 nitrogen and oxygen atoms in total. The molecule has 0 atom stereocenters. The fraction of sp³-hybridized carbons (Fsp3) is 0.333. The second-order valence-electron chi connectivity index (χ2n) is 9.90. The van der Waals surface area contributed by atoms with Crippen LogP contribution in [-0.4, -0.2) is 52.7 Å². The maximum atomic E-state index is 14.2. The molecule has 3 aromatic carbocycles. The Hall–Kier alpha value is -3.70. The monoisotopic (exact) mass is 588 g/mol. The highest BCUT2D eigenvalue weighted by atomic mass is 32.2. The summed E-state index contributed by atoms with van der Waals surface area (Å²) >= 11 is -1.07. The summed E-state index contributed by atoms with van der Waals surface area (Å²) in [4.78, 5) is 26.5. The summed E-state index contributed by atoms with van der Waals surface area (Å²) < 4.78 is 60.3. The number of alkyl halides is 3. The van der Waals surface area contributed by atoms with E-state index in [1.807, 2.05) is 30.3 Å². The molecule has 0 aliphatic carbocycles. The van der Waals surface area contributed by atoms with Gasteiger partial charge in [-0.1, -0.05) is 41.5 Å². The minimum Gasteiger partial charge on any atom is -0.616 e. The molecule has 0 unspecified atom stereocenters. The third-order valence-electron chi connectivity index (χ3n) is 6.87. The second-order valence-corrected chi connectivity index (χ2v) is 11.6. The molecule has 1 heterocycles. The predicted molar refractivity (Wildman–Crippen MR) is 152 cm³/mol. The Morgan fingerprint density at radius 1 is 1.05 bits per heavy atom. The molecule has 1 saturated heterocycles. The highest BCUT2D eigenvalue weighted by molar-refractivity contribution is 7.91. The van der Waals surface area contributed by atoms with Gasteiger partial charge < -0.3 is 24.6 Å². The molecule has 0 bridgehead atoms. The summed E-state index contributed by atoms with van der Waals surface area (Å²) in [7, 11) is 0. The average molecular weight is 589 g/mol. The van der Waals surface area contributed by atoms with Gasteiger partial charge in [-0.05, 0) is 60.4 Å². The highest BCUT2D eigenvalue weighted by Crippen LogP contribution is 2.40. The number of amides is 1. The molecule has 2 N–H and O–H groups in total. The maximum absolute atomic E-state index is 14.2. The Morgan fingerprint density at radius 2 is 1.68 bits per heavy atom. The molecule has 0 radical (unpaired) electrons. The standard InChI is InChI=1S/C30H31F3N2O5S/c1-19-14-23(40-11-8-21-6-4-3-5-7-21)15-20(2)28(19)29(38)34-25-16-22(17-27(36)37)26(18-24(25)30(31,32)33)35-9-12-41(39)13-10-35/h3-7,14-16,18H,8-13,17H2,1-2H3,(H,34,38)(H,36,37). The summed E-state index contributed by atoms with van der Waals surface area (Å²) in [6.45, 7) is 4.24. The van der Waals surface area contributed by atoms with Crippen LogP contribution < -0.4 is 15.0 Å². The summed E-state index contributed by atoms with van der Waals surface area (Å²) in [5.74, 6) is -0.880. The number of ether oxygens (including phenoxy) is 1. The van der Waals surface area contributed by atoms with Crippen LogP contribution in [0, 0.1) is 13.8 Å². The lowest BCUT2D eigenvalue weighted by Gasteiger charge is -2.32. The van der Waals surface area contributed by atoms with Crippen molar-refractivity contribution in [1.82, 2.24) is 0 Å². The van der Waals surface area contributed by atoms with Crippen molar-refractivity contribution in [3.63, 3.8) is 0 Å². The number of carbonyl (C=O) groups excluding carboxylic acids is 1. The Kier molecular flexibility index (Phi) is 9.49. The van der Waals surface area contributed by atoms with Gasteiger partial charge in [-0.3, -0.25) is 9.59 Å². The molecule has 1 amide bonds. The van der Waals surface area contributed by atoms with Gasteiger partial charge in [0.05, 0.1) is 37.4 Å². The number of anilines is 2. The molecule has 4 rings (SSSR count). The Balaban J connectivity index is 1.60. The van der Waals surface area contributed by atoms with Crippen LogP contribution in [0.5, 0.6) is 5.75 Å². The van der Waals surface area contributed by atoms with E-state index in [9.17, 15) is 32.4 Å². The van der Waals surface area contributed by atoms with E-state index in [1.165, 1.54) is 0 Å². The molecule has 1 fully saturated rings. The van der Waals surface area contributed by atoms with Crippen LogP contribution in [0.2, 0.25) is 0 Å². The molecule has 0 spiro atoms. The number of rotatable bonds is 9. The minimum atomic E-state index is -4.82. The third-order valence-corrected chi connectivity index (χ3v) is 8.14. The van der Waals surface area contributed by atoms with Crippen molar-refractivity contribution in [2.75, 3.05) is 41.4 Å². The van der Waals surface area contributed by atoms with Crippen LogP contribution in [0.25, 0.3) is 0 Å². The van der Waals surface area contributed by atoms with Crippen molar-refractivity contribution >= 4 is 34.4 Å². The zero-order valence-electron chi connectivity index (χ0n) is 22.7. The van der Waals surface area contributed by atoms with E-state index in [1.54, 1.807) is 30.9 Å². The van der Waals surface area contributed by atoms with Crippen molar-refractivity contribution in [2.24, 2.45) is 0 Å². The lowest BCUT2D eigenvalue weighted by atomic mass is 9.99. The Labute approximate surface area is 239 Å². The number of carboxylic acid groups (broad SMARTS) is 1. The SMILES string of the molecule is Cc1cc(OCCc2ccccc2)cc(C)c1C(=O)Nc1cc(CC(=O)O)c(N2CC[S+]([O-])CC2)cc1C(F)(F)F. The Bertz CT molecular complexity index is 1380. The first kappa shape index (κ1) is 30.3. The molecule has 1 aliphatic rings. The molecule has 218 valence electrons. The van der Waals surface area contributed by atoms with Crippen LogP contribution in [-0.2, 0) is 35.0 Å². The third kappa shape index (κ3) is 7.74. The largest absolute Gasteiger partial charge is 0.616 e. The molecule has 0 aromatic heterocycles. The molecule has 41 heavy (non-hydrogen) atoms. The smallest absolute Gasteiger partial charge is 0.418 e. The van der Waals surface area contributed by atoms with Gasteiger partial charge in [0.25, 0.3) is 5.91 Å². The van der Waals surface area contributed by atoms with Crippen LogP contribution in [0.3, 0.4) is 0 Å². The van der Waals surface area contributed by atoms with Crippen LogP contribution >= 0.6 is 0 Å². The van der Waals surface area contributed by atoms with Gasteiger partial charge in [0.15, 0.2) is 0 Å². The number of halogens is 3. The van der Waals surface area contributed by atoms with Crippen molar-refractivity contribution in [2.45, 2.75) is 32.9 Å². The van der Waals surface area contributed by atoms with Gasteiger partial charge in [0.1, 0.15) is 17.3 Å². The van der Waals surface area contributed by atoms with E-state index in [2.05, 4.69) is 5.32 Å². The number of hydrogen-bond donors (Lipinski definition) is 2. The molecule has 3 aromatic rings. The average Bonchev–Trinajstić information content (AvgIpc) is 2.89. The summed E-state index contributed by atoms with van der Waals surface area (Å²) in [5.41, 5.74) is 0.992. The predicted octanol–water partition coefficient (Wildman–Crippen LogP) is 5.39. The fourth-order valence-corrected chi connectivity index (χ4v) is 5.98. The number of carbonyl (C=O) groups is 2. The van der Waals surface area contributed by atoms with Gasteiger partial charge in [-0.15, -0.1) is 0 Å². The zero-order chi connectivity index (χ0) is 29.7. The van der Waals surface area contributed by atoms with E-state index in [-0.39, 0.29) is 41.4 Å². The summed E-state index contributed by atoms with van der Waals surface area (Å²) in [6.07, 6.45) is -4.67. The van der Waals surface area contributed by atoms with Crippen molar-refractivity contribution in [1.29, 1.82) is 0 Å². The Morgan fingerprint density at radius 3 is 2.27 bits per heavy atom. The lowest BCUT2D eigenvalue weighted by molar-refractivity contribution is -0.137. The van der Waals surface area contributed by atoms with Crippen molar-refractivity contribution in [3.8, 4) is 5.75 Å². The van der Waals surface area contributed by atoms with E-state index >= 15 is 0 Å². The number of nitrogens with zero attached hydrogens (tertiary/aromatic N) is 1. The minimum absolute atomic E-state index is 0.110. The highest BCUT2D eigenvalue weighted by Gasteiger charge is 2.36. The van der Waals surface area contributed by atoms with E-state index in [0.717, 1.165) is 17.7 Å². The number of aliphatic carboxylic acids is 1. The van der Waals surface area contributed by atoms with Gasteiger partial charge in [0, 0.05) is 17.7 Å². The number of aryl methyl sites for hydroxylation is 2. The van der Waals surface area contributed by atoms with Crippen LogP contribution in [0.15, 0.2) is 54.6 Å². The number of nitrogens with one attached hydrogen (secondary N) is 1. The second kappa shape index (κ2) is 12.9. The molecule has 1 aliphatic heterocycles. The van der Waals surface area contributed by atoms with Gasteiger partial charge in [-0.25, -0.2) is 0 Å². The zero-order valence-corrected chi connectivity index (χ0v) is 23.5. The normalized spacial score (nSPS) is 14.1. The lowest BCUT2D eigenvalue weighted by Crippen LogP contribution is -2.41. The molecular weight excluding hydrogens is 557 g/mol. The summed E-state index contributed by atoms with van der Waals surface area (Å²) in [6, 6.07) is 15.1. The fourth-order valence-electron chi connectivity index (χ4n) is 4.93. The first-order valence-electron chi connectivity index (χ1n) is 13.1. The van der Waals surface area contributed by atoms with Crippen molar-refractivity contribution < 1.29 is 37.2 Å². The molecular formula is C30H31F3N2O5S. The molecule has 11 heteroatoms. The maximum Gasteiger partial charge on any atom is 0.418 e. The van der Waals surface area contributed by atoms with E-state index in [4.69, 9.17) is 4.74 Å². The quantitative estimate of drug-likeness (QED) is 0.325. The molecule has 0 saturated carbocycles. The van der Waals surface area contributed by atoms with Crippen LogP contribution in [0.1, 0.15) is 38.2 Å². The number of carboxylic acids is 1. The van der Waals surface area contributed by atoms with Gasteiger partial charge in [0.2, 0.25) is 0 Å². The van der Waals surface area contributed by atoms with Crippen LogP contribution in [0.4, 0.5) is 24.5 Å². The van der Waals surface area contributed by atoms with Crippen molar-refractivity contribution in [3.05, 3.63) is 88.0 Å². The number of hydrogen-bond acceptors (Lipinski definition) is 5. The van der Waals surface area contributed by atoms with Gasteiger partial charge in [-0.2, -0.15) is 13.2 Å². The van der Waals surface area contributed by atoms with E-state index in [0.29, 0.717) is 29.9 Å². The number of benzene rings is 3. The topological polar surface area (TPSA) is 102 Å². The summed E-state index contributed by atoms with van der Waals surface area (Å²) in [5, 5.41) is 11.8. The van der Waals surface area contributed by atoms with E-state index < -0.39 is 46.9 Å².